The molecule has 0 saturated carbocycles. The molecular weight excluding hydrogens is 809 g/mol. The van der Waals surface area contributed by atoms with E-state index in [-0.39, 0.29) is 51.2 Å². The first-order chi connectivity index (χ1) is 15.1. The van der Waals surface area contributed by atoms with Crippen LogP contribution < -0.4 is 0 Å². The Morgan fingerprint density at radius 3 is 0.778 bits per heavy atom. The van der Waals surface area contributed by atoms with E-state index in [0.717, 1.165) is 0 Å². The summed E-state index contributed by atoms with van der Waals surface area (Å²) < 4.78 is 0. The van der Waals surface area contributed by atoms with Crippen LogP contribution >= 0.6 is 0 Å². The molecule has 2 heterocycles. The number of hydrogen-bond acceptors (Lipinski definition) is 4. The van der Waals surface area contributed by atoms with Crippen LogP contribution in [0, 0.1) is 69.2 Å². The second kappa shape index (κ2) is 17.5. The molecule has 4 rings (SSSR count). The fourth-order valence-electron chi connectivity index (χ4n) is 3.64. The third kappa shape index (κ3) is 9.19. The Balaban J connectivity index is -0.000000433. The molecule has 0 atom stereocenters. The van der Waals surface area contributed by atoms with Gasteiger partial charge < -0.3 is 11.0 Å². The Bertz CT molecular complexity index is 918. The van der Waals surface area contributed by atoms with Crippen molar-refractivity contribution in [3.63, 3.8) is 0 Å². The van der Waals surface area contributed by atoms with Crippen LogP contribution in [0.15, 0.2) is 36.9 Å². The zero-order chi connectivity index (χ0) is 24.0. The maximum atomic E-state index is 4.01. The van der Waals surface area contributed by atoms with E-state index in [1.54, 1.807) is 36.9 Å². The summed E-state index contributed by atoms with van der Waals surface area (Å²) in [6.45, 7) is 22.0. The minimum absolute atomic E-state index is 0. The number of nitrogens with zero attached hydrogens (tertiary/aromatic N) is 4. The van der Waals surface area contributed by atoms with E-state index in [9.17, 15) is 0 Å². The molecule has 2 aromatic heterocycles. The van der Waals surface area contributed by atoms with Gasteiger partial charge in [0.25, 0.3) is 0 Å². The van der Waals surface area contributed by atoms with Gasteiger partial charge in [-0.25, -0.2) is 19.9 Å². The van der Waals surface area contributed by atoms with Gasteiger partial charge in [0.05, 0.1) is 0 Å². The standard InChI is InChI=1S/2C10H15.C8H6N4.2Ir.2H2O/c2*1-6-7(2)9(4)10(5)8(6)3;1-3-9-7(10-4-1)8-11-5-2-6-12-8;;;;/h2*1-5H3;1-6H;;;2*1H2/q2*-1;;2*+3;;. The monoisotopic (exact) mass is 850 g/mol. The first-order valence-corrected chi connectivity index (χ1v) is 11.0. The zero-order valence-electron chi connectivity index (χ0n) is 22.9. The van der Waals surface area contributed by atoms with Gasteiger partial charge in [-0.1, -0.05) is 69.2 Å². The summed E-state index contributed by atoms with van der Waals surface area (Å²) >= 11 is 0. The fraction of sp³-hybridized carbons (Fsp3) is 0.357. The summed E-state index contributed by atoms with van der Waals surface area (Å²) in [6.07, 6.45) is 6.66. The van der Waals surface area contributed by atoms with Gasteiger partial charge in [-0.15, -0.1) is 0 Å². The van der Waals surface area contributed by atoms with E-state index < -0.39 is 0 Å². The Morgan fingerprint density at radius 2 is 0.639 bits per heavy atom. The van der Waals surface area contributed by atoms with Crippen molar-refractivity contribution in [2.24, 2.45) is 0 Å². The summed E-state index contributed by atoms with van der Waals surface area (Å²) in [4.78, 5) is 16.1. The molecule has 0 aliphatic heterocycles. The quantitative estimate of drug-likeness (QED) is 0.246. The Morgan fingerprint density at radius 1 is 0.444 bits per heavy atom. The van der Waals surface area contributed by atoms with Crippen molar-refractivity contribution in [2.75, 3.05) is 0 Å². The maximum absolute atomic E-state index is 4.01. The van der Waals surface area contributed by atoms with Gasteiger partial charge in [-0.2, -0.15) is 55.6 Å². The second-order valence-corrected chi connectivity index (χ2v) is 8.39. The van der Waals surface area contributed by atoms with Crippen molar-refractivity contribution in [3.8, 4) is 11.6 Å². The molecule has 0 aliphatic rings. The van der Waals surface area contributed by atoms with E-state index in [2.05, 4.69) is 89.2 Å². The summed E-state index contributed by atoms with van der Waals surface area (Å²) in [6, 6.07) is 3.51. The molecule has 0 radical (unpaired) electrons. The summed E-state index contributed by atoms with van der Waals surface area (Å²) in [5.41, 5.74) is 14.7. The molecule has 6 nitrogen and oxygen atoms in total. The molecule has 0 unspecified atom stereocenters. The number of hydrogen-bond donors (Lipinski definition) is 0. The van der Waals surface area contributed by atoms with Gasteiger partial charge >= 0.3 is 40.2 Å². The molecule has 198 valence electrons. The first-order valence-electron chi connectivity index (χ1n) is 11.0. The maximum Gasteiger partial charge on any atom is 3.00 e. The first kappa shape index (κ1) is 38.6. The zero-order valence-corrected chi connectivity index (χ0v) is 27.7. The largest absolute Gasteiger partial charge is 3.00 e. The van der Waals surface area contributed by atoms with Gasteiger partial charge in [0.1, 0.15) is 0 Å². The van der Waals surface area contributed by atoms with Crippen LogP contribution in [-0.2, 0) is 40.2 Å². The molecule has 4 N–H and O–H groups in total. The predicted octanol–water partition coefficient (Wildman–Crippen LogP) is 5.17. The average Bonchev–Trinajstić information content (AvgIpc) is 3.11. The van der Waals surface area contributed by atoms with Gasteiger partial charge in [-0.3, -0.25) is 0 Å². The normalized spacial score (nSPS) is 9.06. The molecular formula is C28H40Ir2N4O2+4. The van der Waals surface area contributed by atoms with Crippen molar-refractivity contribution in [1.82, 2.24) is 19.9 Å². The van der Waals surface area contributed by atoms with Crippen LogP contribution in [0.4, 0.5) is 0 Å². The van der Waals surface area contributed by atoms with E-state index in [4.69, 9.17) is 0 Å². The topological polar surface area (TPSA) is 115 Å². The molecule has 0 saturated heterocycles. The average molecular weight is 849 g/mol. The van der Waals surface area contributed by atoms with E-state index in [1.807, 2.05) is 0 Å². The van der Waals surface area contributed by atoms with E-state index >= 15 is 0 Å². The van der Waals surface area contributed by atoms with Gasteiger partial charge in [-0.05, 0) is 12.1 Å². The van der Waals surface area contributed by atoms with Crippen LogP contribution in [-0.4, -0.2) is 30.9 Å². The van der Waals surface area contributed by atoms with Crippen molar-refractivity contribution < 1.29 is 51.2 Å². The Hall–Kier alpha value is -1.92. The van der Waals surface area contributed by atoms with Crippen LogP contribution in [0.25, 0.3) is 11.6 Å². The van der Waals surface area contributed by atoms with Gasteiger partial charge in [0.2, 0.25) is 0 Å². The van der Waals surface area contributed by atoms with E-state index in [1.165, 1.54) is 55.6 Å². The molecule has 36 heavy (non-hydrogen) atoms. The summed E-state index contributed by atoms with van der Waals surface area (Å²) in [5.74, 6) is 1.11. The fourth-order valence-corrected chi connectivity index (χ4v) is 3.64. The van der Waals surface area contributed by atoms with Gasteiger partial charge in [0, 0.05) is 24.8 Å². The summed E-state index contributed by atoms with van der Waals surface area (Å²) in [5, 5.41) is 0. The molecule has 0 spiro atoms. The van der Waals surface area contributed by atoms with Crippen LogP contribution in [0.1, 0.15) is 55.6 Å². The molecule has 0 bridgehead atoms. The minimum atomic E-state index is 0. The molecule has 2 aromatic carbocycles. The Kier molecular flexibility index (Phi) is 18.8. The van der Waals surface area contributed by atoms with Crippen molar-refractivity contribution >= 4 is 0 Å². The molecule has 0 fully saturated rings. The van der Waals surface area contributed by atoms with Crippen molar-refractivity contribution in [3.05, 3.63) is 92.6 Å². The smallest absolute Gasteiger partial charge is 0.412 e. The third-order valence-electron chi connectivity index (χ3n) is 6.96. The predicted molar refractivity (Wildman–Crippen MR) is 142 cm³/mol. The molecule has 8 heteroatoms. The molecule has 0 amide bonds. The van der Waals surface area contributed by atoms with Crippen LogP contribution in [0.5, 0.6) is 0 Å². The number of rotatable bonds is 1. The van der Waals surface area contributed by atoms with E-state index in [0.29, 0.717) is 11.6 Å². The van der Waals surface area contributed by atoms with Gasteiger partial charge in [0.15, 0.2) is 11.6 Å². The van der Waals surface area contributed by atoms with Crippen molar-refractivity contribution in [1.29, 1.82) is 0 Å². The van der Waals surface area contributed by atoms with Crippen LogP contribution in [0.3, 0.4) is 0 Å². The second-order valence-electron chi connectivity index (χ2n) is 8.39. The Labute approximate surface area is 243 Å². The molecule has 4 aromatic rings. The SMILES string of the molecule is Cc1c(C)c(C)[c-](C)c1C.Cc1c(C)c(C)[c-](C)c1C.O.O.[Ir+3].[Ir+3].c1cnc(-c2ncccn2)nc1. The third-order valence-corrected chi connectivity index (χ3v) is 6.96. The number of aromatic nitrogens is 4. The van der Waals surface area contributed by atoms with Crippen LogP contribution in [0.2, 0.25) is 0 Å². The van der Waals surface area contributed by atoms with Crippen molar-refractivity contribution in [2.45, 2.75) is 69.2 Å². The summed E-state index contributed by atoms with van der Waals surface area (Å²) in [7, 11) is 0. The molecule has 0 aliphatic carbocycles. The minimum Gasteiger partial charge on any atom is -0.412 e.